The van der Waals surface area contributed by atoms with Gasteiger partial charge < -0.3 is 5.32 Å². The lowest BCUT2D eigenvalue weighted by atomic mass is 9.76. The van der Waals surface area contributed by atoms with Crippen LogP contribution in [0.25, 0.3) is 0 Å². The Kier molecular flexibility index (Phi) is 3.81. The van der Waals surface area contributed by atoms with Gasteiger partial charge in [-0.15, -0.1) is 0 Å². The minimum absolute atomic E-state index is 0.633. The van der Waals surface area contributed by atoms with Crippen molar-refractivity contribution in [1.82, 2.24) is 10.3 Å². The van der Waals surface area contributed by atoms with Crippen molar-refractivity contribution in [2.45, 2.75) is 31.3 Å². The molecule has 0 aliphatic heterocycles. The van der Waals surface area contributed by atoms with Gasteiger partial charge in [-0.3, -0.25) is 4.98 Å². The fourth-order valence-electron chi connectivity index (χ4n) is 2.55. The first-order valence-corrected chi connectivity index (χ1v) is 7.07. The van der Waals surface area contributed by atoms with Crippen molar-refractivity contribution in [1.29, 1.82) is 0 Å². The van der Waals surface area contributed by atoms with E-state index in [4.69, 9.17) is 11.6 Å². The second kappa shape index (κ2) is 5.72. The maximum atomic E-state index is 5.91. The lowest BCUT2D eigenvalue weighted by Crippen LogP contribution is -2.39. The summed E-state index contributed by atoms with van der Waals surface area (Å²) in [7, 11) is 0. The smallest absolute Gasteiger partial charge is 0.0406 e. The molecule has 1 aliphatic carbocycles. The maximum Gasteiger partial charge on any atom is 0.0406 e. The van der Waals surface area contributed by atoms with Gasteiger partial charge in [-0.2, -0.15) is 0 Å². The number of nitrogens with one attached hydrogen (secondary N) is 1. The van der Waals surface area contributed by atoms with Gasteiger partial charge >= 0.3 is 0 Å². The second-order valence-corrected chi connectivity index (χ2v) is 5.59. The second-order valence-electron chi connectivity index (χ2n) is 5.15. The van der Waals surface area contributed by atoms with Gasteiger partial charge in [-0.05, 0) is 54.2 Å². The Morgan fingerprint density at radius 3 is 2.42 bits per heavy atom. The summed E-state index contributed by atoms with van der Waals surface area (Å²) < 4.78 is 0. The molecule has 1 aliphatic rings. The molecule has 0 radical (unpaired) electrons. The molecule has 0 saturated heterocycles. The molecule has 2 aromatic rings. The molecule has 1 aromatic heterocycles. The summed E-state index contributed by atoms with van der Waals surface area (Å²) in [6.07, 6.45) is 6.11. The average molecular weight is 273 g/mol. The van der Waals surface area contributed by atoms with E-state index in [9.17, 15) is 0 Å². The molecular formula is C16H17ClN2. The normalized spacial score (nSPS) is 21.9. The molecule has 3 rings (SSSR count). The Hall–Kier alpha value is -1.38. The summed E-state index contributed by atoms with van der Waals surface area (Å²) in [4.78, 5) is 4.03. The van der Waals surface area contributed by atoms with Crippen LogP contribution in [0.15, 0.2) is 48.8 Å². The number of hydrogen-bond donors (Lipinski definition) is 1. The zero-order valence-electron chi connectivity index (χ0n) is 10.7. The topological polar surface area (TPSA) is 24.9 Å². The van der Waals surface area contributed by atoms with Crippen molar-refractivity contribution in [2.75, 3.05) is 0 Å². The van der Waals surface area contributed by atoms with Gasteiger partial charge in [0.25, 0.3) is 0 Å². The third-order valence-corrected chi connectivity index (χ3v) is 4.08. The van der Waals surface area contributed by atoms with Crippen molar-refractivity contribution in [2.24, 2.45) is 0 Å². The average Bonchev–Trinajstić information content (AvgIpc) is 2.40. The van der Waals surface area contributed by atoms with Gasteiger partial charge in [0, 0.05) is 30.0 Å². The molecule has 0 atom stereocenters. The largest absolute Gasteiger partial charge is 0.310 e. The molecule has 2 nitrogen and oxygen atoms in total. The predicted octanol–water partition coefficient (Wildman–Crippen LogP) is 3.77. The van der Waals surface area contributed by atoms with E-state index >= 15 is 0 Å². The van der Waals surface area contributed by atoms with Crippen LogP contribution in [0.3, 0.4) is 0 Å². The van der Waals surface area contributed by atoms with E-state index in [0.29, 0.717) is 12.0 Å². The number of nitrogens with zero attached hydrogens (tertiary/aromatic N) is 1. The molecular weight excluding hydrogens is 256 g/mol. The zero-order chi connectivity index (χ0) is 13.1. The van der Waals surface area contributed by atoms with Crippen molar-refractivity contribution in [3.8, 4) is 0 Å². The highest BCUT2D eigenvalue weighted by Gasteiger charge is 2.29. The Balaban J connectivity index is 1.47. The van der Waals surface area contributed by atoms with Crippen LogP contribution in [0.2, 0.25) is 5.02 Å². The fraction of sp³-hybridized carbons (Fsp3) is 0.312. The number of halogens is 1. The van der Waals surface area contributed by atoms with E-state index in [1.54, 1.807) is 0 Å². The highest BCUT2D eigenvalue weighted by atomic mass is 35.5. The van der Waals surface area contributed by atoms with Crippen molar-refractivity contribution in [3.05, 3.63) is 64.9 Å². The Morgan fingerprint density at radius 1 is 1.05 bits per heavy atom. The first-order valence-electron chi connectivity index (χ1n) is 6.69. The van der Waals surface area contributed by atoms with E-state index in [1.165, 1.54) is 24.0 Å². The van der Waals surface area contributed by atoms with Crippen molar-refractivity contribution in [3.63, 3.8) is 0 Å². The minimum Gasteiger partial charge on any atom is -0.310 e. The van der Waals surface area contributed by atoms with E-state index in [0.717, 1.165) is 11.6 Å². The summed E-state index contributed by atoms with van der Waals surface area (Å²) in [5, 5.41) is 4.41. The maximum absolute atomic E-state index is 5.91. The highest BCUT2D eigenvalue weighted by molar-refractivity contribution is 6.30. The third-order valence-electron chi connectivity index (χ3n) is 3.82. The van der Waals surface area contributed by atoms with Crippen molar-refractivity contribution < 1.29 is 0 Å². The first-order chi connectivity index (χ1) is 9.31. The quantitative estimate of drug-likeness (QED) is 0.916. The van der Waals surface area contributed by atoms with Crippen LogP contribution >= 0.6 is 11.6 Å². The van der Waals surface area contributed by atoms with Gasteiger partial charge in [0.05, 0.1) is 0 Å². The van der Waals surface area contributed by atoms with E-state index in [2.05, 4.69) is 34.6 Å². The molecule has 98 valence electrons. The molecule has 1 fully saturated rings. The fourth-order valence-corrected chi connectivity index (χ4v) is 2.68. The zero-order valence-corrected chi connectivity index (χ0v) is 11.5. The van der Waals surface area contributed by atoms with Crippen LogP contribution in [0.5, 0.6) is 0 Å². The molecule has 1 heterocycles. The van der Waals surface area contributed by atoms with Crippen LogP contribution in [0.4, 0.5) is 0 Å². The first kappa shape index (κ1) is 12.6. The molecule has 1 N–H and O–H groups in total. The lowest BCUT2D eigenvalue weighted by Gasteiger charge is -2.36. The van der Waals surface area contributed by atoms with Gasteiger partial charge in [0.15, 0.2) is 0 Å². The minimum atomic E-state index is 0.633. The number of pyridine rings is 1. The Bertz CT molecular complexity index is 518. The monoisotopic (exact) mass is 272 g/mol. The van der Waals surface area contributed by atoms with E-state index in [1.807, 2.05) is 24.5 Å². The molecule has 1 saturated carbocycles. The van der Waals surface area contributed by atoms with E-state index < -0.39 is 0 Å². The standard InChI is InChI=1S/C16H17ClN2/c17-15-3-1-13(2-4-15)14-9-16(10-14)19-11-12-5-7-18-8-6-12/h1-8,14,16,19H,9-11H2. The van der Waals surface area contributed by atoms with Gasteiger partial charge in [-0.25, -0.2) is 0 Å². The molecule has 0 bridgehead atoms. The summed E-state index contributed by atoms with van der Waals surface area (Å²) >= 11 is 5.91. The summed E-state index contributed by atoms with van der Waals surface area (Å²) in [5.41, 5.74) is 2.70. The SMILES string of the molecule is Clc1ccc(C2CC(NCc3ccncc3)C2)cc1. The molecule has 3 heteroatoms. The summed E-state index contributed by atoms with van der Waals surface area (Å²) in [6.45, 7) is 0.931. The van der Waals surface area contributed by atoms with Gasteiger partial charge in [0.2, 0.25) is 0 Å². The van der Waals surface area contributed by atoms with Gasteiger partial charge in [-0.1, -0.05) is 23.7 Å². The summed E-state index contributed by atoms with van der Waals surface area (Å²) in [6, 6.07) is 13.0. The van der Waals surface area contributed by atoms with E-state index in [-0.39, 0.29) is 0 Å². The van der Waals surface area contributed by atoms with Crippen molar-refractivity contribution >= 4 is 11.6 Å². The number of hydrogen-bond acceptors (Lipinski definition) is 2. The molecule has 0 amide bonds. The number of rotatable bonds is 4. The molecule has 0 unspecified atom stereocenters. The Labute approximate surface area is 118 Å². The van der Waals surface area contributed by atoms with Crippen LogP contribution in [0, 0.1) is 0 Å². The number of benzene rings is 1. The van der Waals surface area contributed by atoms with Crippen LogP contribution in [0.1, 0.15) is 29.9 Å². The highest BCUT2D eigenvalue weighted by Crippen LogP contribution is 2.37. The number of aromatic nitrogens is 1. The molecule has 1 aromatic carbocycles. The summed E-state index contributed by atoms with van der Waals surface area (Å²) in [5.74, 6) is 0.687. The molecule has 0 spiro atoms. The van der Waals surface area contributed by atoms with Crippen LogP contribution < -0.4 is 5.32 Å². The van der Waals surface area contributed by atoms with Crippen LogP contribution in [-0.4, -0.2) is 11.0 Å². The van der Waals surface area contributed by atoms with Gasteiger partial charge in [0.1, 0.15) is 0 Å². The predicted molar refractivity (Wildman–Crippen MR) is 78.3 cm³/mol. The molecule has 19 heavy (non-hydrogen) atoms. The lowest BCUT2D eigenvalue weighted by molar-refractivity contribution is 0.289. The Morgan fingerprint density at radius 2 is 1.74 bits per heavy atom. The van der Waals surface area contributed by atoms with Crippen LogP contribution in [-0.2, 0) is 6.54 Å². The third kappa shape index (κ3) is 3.14.